The largest absolute Gasteiger partial charge is 0.497 e. The minimum Gasteiger partial charge on any atom is -0.497 e. The first-order chi connectivity index (χ1) is 11.6. The SMILES string of the molecule is COCCNC(=O)C1CC(=O)N(CCOc2ccc(OC)cc2)C1. The van der Waals surface area contributed by atoms with E-state index in [2.05, 4.69) is 5.32 Å². The smallest absolute Gasteiger partial charge is 0.225 e. The third-order valence-electron chi connectivity index (χ3n) is 3.88. The highest BCUT2D eigenvalue weighted by atomic mass is 16.5. The van der Waals surface area contributed by atoms with Crippen molar-refractivity contribution in [2.45, 2.75) is 6.42 Å². The Balaban J connectivity index is 1.72. The van der Waals surface area contributed by atoms with Crippen LogP contribution in [0.3, 0.4) is 0 Å². The zero-order valence-corrected chi connectivity index (χ0v) is 14.1. The number of hydrogen-bond donors (Lipinski definition) is 1. The van der Waals surface area contributed by atoms with Crippen molar-refractivity contribution in [2.24, 2.45) is 5.92 Å². The fourth-order valence-corrected chi connectivity index (χ4v) is 2.53. The molecule has 0 spiro atoms. The maximum absolute atomic E-state index is 12.0. The Hall–Kier alpha value is -2.28. The molecule has 1 fully saturated rings. The van der Waals surface area contributed by atoms with Gasteiger partial charge in [-0.25, -0.2) is 0 Å². The lowest BCUT2D eigenvalue weighted by molar-refractivity contribution is -0.129. The molecule has 1 saturated heterocycles. The molecule has 0 aliphatic carbocycles. The molecule has 0 aromatic heterocycles. The molecule has 7 heteroatoms. The highest BCUT2D eigenvalue weighted by Crippen LogP contribution is 2.19. The predicted molar refractivity (Wildman–Crippen MR) is 88.1 cm³/mol. The quantitative estimate of drug-likeness (QED) is 0.671. The zero-order valence-electron chi connectivity index (χ0n) is 14.1. The number of amides is 2. The lowest BCUT2D eigenvalue weighted by atomic mass is 10.1. The molecule has 1 aromatic carbocycles. The number of hydrogen-bond acceptors (Lipinski definition) is 5. The molecule has 1 aliphatic heterocycles. The number of benzene rings is 1. The molecule has 1 aliphatic rings. The summed E-state index contributed by atoms with van der Waals surface area (Å²) < 4.78 is 15.6. The van der Waals surface area contributed by atoms with E-state index in [9.17, 15) is 9.59 Å². The average Bonchev–Trinajstić information content (AvgIpc) is 2.97. The Bertz CT molecular complexity index is 546. The molecule has 0 radical (unpaired) electrons. The van der Waals surface area contributed by atoms with Gasteiger partial charge in [-0.2, -0.15) is 0 Å². The van der Waals surface area contributed by atoms with Crippen molar-refractivity contribution in [1.29, 1.82) is 0 Å². The van der Waals surface area contributed by atoms with E-state index in [0.29, 0.717) is 32.8 Å². The number of ether oxygens (including phenoxy) is 3. The summed E-state index contributed by atoms with van der Waals surface area (Å²) >= 11 is 0. The van der Waals surface area contributed by atoms with Crippen molar-refractivity contribution in [1.82, 2.24) is 10.2 Å². The Morgan fingerprint density at radius 2 is 1.92 bits per heavy atom. The first-order valence-corrected chi connectivity index (χ1v) is 7.95. The molecule has 1 atom stereocenters. The van der Waals surface area contributed by atoms with Crippen molar-refractivity contribution in [3.63, 3.8) is 0 Å². The number of rotatable bonds is 9. The number of carbonyl (C=O) groups excluding carboxylic acids is 2. The highest BCUT2D eigenvalue weighted by Gasteiger charge is 2.33. The molecule has 2 rings (SSSR count). The van der Waals surface area contributed by atoms with Crippen LogP contribution in [0.25, 0.3) is 0 Å². The Labute approximate surface area is 141 Å². The third-order valence-corrected chi connectivity index (χ3v) is 3.88. The first-order valence-electron chi connectivity index (χ1n) is 7.95. The van der Waals surface area contributed by atoms with E-state index < -0.39 is 0 Å². The van der Waals surface area contributed by atoms with Gasteiger partial charge in [0.2, 0.25) is 11.8 Å². The van der Waals surface area contributed by atoms with Gasteiger partial charge in [-0.05, 0) is 24.3 Å². The second-order valence-corrected chi connectivity index (χ2v) is 5.55. The van der Waals surface area contributed by atoms with Crippen LogP contribution in [0.1, 0.15) is 6.42 Å². The summed E-state index contributed by atoms with van der Waals surface area (Å²) in [5, 5.41) is 2.77. The van der Waals surface area contributed by atoms with Gasteiger partial charge in [0.25, 0.3) is 0 Å². The summed E-state index contributed by atoms with van der Waals surface area (Å²) in [6.45, 7) is 2.21. The summed E-state index contributed by atoms with van der Waals surface area (Å²) in [5.41, 5.74) is 0. The van der Waals surface area contributed by atoms with E-state index in [-0.39, 0.29) is 24.2 Å². The van der Waals surface area contributed by atoms with Gasteiger partial charge >= 0.3 is 0 Å². The van der Waals surface area contributed by atoms with Crippen LogP contribution in [-0.4, -0.2) is 63.8 Å². The van der Waals surface area contributed by atoms with Crippen LogP contribution in [0.2, 0.25) is 0 Å². The van der Waals surface area contributed by atoms with Gasteiger partial charge in [-0.1, -0.05) is 0 Å². The van der Waals surface area contributed by atoms with Gasteiger partial charge in [0, 0.05) is 26.6 Å². The van der Waals surface area contributed by atoms with Crippen LogP contribution >= 0.6 is 0 Å². The van der Waals surface area contributed by atoms with Gasteiger partial charge < -0.3 is 24.4 Å². The second kappa shape index (κ2) is 9.12. The zero-order chi connectivity index (χ0) is 17.4. The summed E-state index contributed by atoms with van der Waals surface area (Å²) in [4.78, 5) is 25.6. The number of nitrogens with one attached hydrogen (secondary N) is 1. The molecule has 1 heterocycles. The van der Waals surface area contributed by atoms with Crippen LogP contribution in [0.4, 0.5) is 0 Å². The molecule has 1 N–H and O–H groups in total. The van der Waals surface area contributed by atoms with Crippen molar-refractivity contribution in [3.05, 3.63) is 24.3 Å². The van der Waals surface area contributed by atoms with E-state index in [1.54, 1.807) is 19.1 Å². The fraction of sp³-hybridized carbons (Fsp3) is 0.529. The van der Waals surface area contributed by atoms with Crippen LogP contribution < -0.4 is 14.8 Å². The lowest BCUT2D eigenvalue weighted by Gasteiger charge is -2.17. The normalized spacial score (nSPS) is 17.0. The third kappa shape index (κ3) is 5.13. The Morgan fingerprint density at radius 3 is 2.58 bits per heavy atom. The summed E-state index contributed by atoms with van der Waals surface area (Å²) in [7, 11) is 3.19. The molecular weight excluding hydrogens is 312 g/mol. The van der Waals surface area contributed by atoms with Crippen molar-refractivity contribution >= 4 is 11.8 Å². The van der Waals surface area contributed by atoms with Gasteiger partial charge in [0.15, 0.2) is 0 Å². The molecule has 1 aromatic rings. The Kier molecular flexibility index (Phi) is 6.87. The van der Waals surface area contributed by atoms with E-state index in [1.807, 2.05) is 24.3 Å². The maximum atomic E-state index is 12.0. The summed E-state index contributed by atoms with van der Waals surface area (Å²) in [6.07, 6.45) is 0.251. The maximum Gasteiger partial charge on any atom is 0.225 e. The van der Waals surface area contributed by atoms with Gasteiger partial charge in [0.05, 0.1) is 26.2 Å². The van der Waals surface area contributed by atoms with Gasteiger partial charge in [-0.15, -0.1) is 0 Å². The number of carbonyl (C=O) groups is 2. The number of likely N-dealkylation sites (tertiary alicyclic amines) is 1. The number of nitrogens with zero attached hydrogens (tertiary/aromatic N) is 1. The van der Waals surface area contributed by atoms with E-state index in [4.69, 9.17) is 14.2 Å². The van der Waals surface area contributed by atoms with E-state index >= 15 is 0 Å². The van der Waals surface area contributed by atoms with E-state index in [0.717, 1.165) is 11.5 Å². The monoisotopic (exact) mass is 336 g/mol. The minimum absolute atomic E-state index is 0.0137. The average molecular weight is 336 g/mol. The fourth-order valence-electron chi connectivity index (χ4n) is 2.53. The molecule has 24 heavy (non-hydrogen) atoms. The van der Waals surface area contributed by atoms with Crippen LogP contribution in [-0.2, 0) is 14.3 Å². The summed E-state index contributed by atoms with van der Waals surface area (Å²) in [5.74, 6) is 1.07. The summed E-state index contributed by atoms with van der Waals surface area (Å²) in [6, 6.07) is 7.26. The van der Waals surface area contributed by atoms with Crippen molar-refractivity contribution in [2.75, 3.05) is 47.1 Å². The minimum atomic E-state index is -0.296. The number of methoxy groups -OCH3 is 2. The topological polar surface area (TPSA) is 77.1 Å². The van der Waals surface area contributed by atoms with Crippen LogP contribution in [0.5, 0.6) is 11.5 Å². The molecule has 2 amide bonds. The highest BCUT2D eigenvalue weighted by molar-refractivity contribution is 5.89. The van der Waals surface area contributed by atoms with E-state index in [1.165, 1.54) is 0 Å². The predicted octanol–water partition coefficient (Wildman–Crippen LogP) is 0.685. The second-order valence-electron chi connectivity index (χ2n) is 5.55. The molecule has 0 saturated carbocycles. The molecule has 7 nitrogen and oxygen atoms in total. The molecule has 1 unspecified atom stereocenters. The lowest BCUT2D eigenvalue weighted by Crippen LogP contribution is -2.35. The molecule has 132 valence electrons. The first kappa shape index (κ1) is 18.1. The molecule has 0 bridgehead atoms. The van der Waals surface area contributed by atoms with Gasteiger partial charge in [-0.3, -0.25) is 9.59 Å². The Morgan fingerprint density at radius 1 is 1.21 bits per heavy atom. The van der Waals surface area contributed by atoms with Crippen molar-refractivity contribution in [3.8, 4) is 11.5 Å². The standard InChI is InChI=1S/C17H24N2O5/c1-22-9-7-18-17(21)13-11-16(20)19(12-13)8-10-24-15-5-3-14(23-2)4-6-15/h3-6,13H,7-12H2,1-2H3,(H,18,21). The van der Waals surface area contributed by atoms with Crippen molar-refractivity contribution < 1.29 is 23.8 Å². The van der Waals surface area contributed by atoms with Crippen LogP contribution in [0.15, 0.2) is 24.3 Å². The molecular formula is C17H24N2O5. The van der Waals surface area contributed by atoms with Crippen LogP contribution in [0, 0.1) is 5.92 Å². The van der Waals surface area contributed by atoms with Gasteiger partial charge in [0.1, 0.15) is 18.1 Å².